The van der Waals surface area contributed by atoms with Crippen LogP contribution in [0.5, 0.6) is 0 Å². The Hall–Kier alpha value is -4.38. The van der Waals surface area contributed by atoms with Crippen molar-refractivity contribution in [2.75, 3.05) is 13.1 Å². The molecule has 1 aliphatic carbocycles. The van der Waals surface area contributed by atoms with Gasteiger partial charge < -0.3 is 14.6 Å². The molecule has 0 spiro atoms. The van der Waals surface area contributed by atoms with Crippen LogP contribution in [0.25, 0.3) is 11.6 Å². The van der Waals surface area contributed by atoms with E-state index in [1.165, 1.54) is 10.4 Å². The van der Waals surface area contributed by atoms with Gasteiger partial charge in [0.25, 0.3) is 0 Å². The molecular weight excluding hydrogens is 544 g/mol. The van der Waals surface area contributed by atoms with E-state index >= 15 is 0 Å². The Labute approximate surface area is 251 Å². The molecule has 2 aliphatic rings. The topological polar surface area (TPSA) is 122 Å². The Bertz CT molecular complexity index is 1490. The Kier molecular flexibility index (Phi) is 8.88. The van der Waals surface area contributed by atoms with Crippen LogP contribution in [0.3, 0.4) is 0 Å². The first-order chi connectivity index (χ1) is 21.0. The van der Waals surface area contributed by atoms with E-state index in [1.54, 1.807) is 23.4 Å². The minimum atomic E-state index is -0.794. The van der Waals surface area contributed by atoms with Crippen molar-refractivity contribution in [3.8, 4) is 11.6 Å². The van der Waals surface area contributed by atoms with Crippen LogP contribution in [0.15, 0.2) is 71.4 Å². The highest BCUT2D eigenvalue weighted by Crippen LogP contribution is 2.30. The fourth-order valence-electron chi connectivity index (χ4n) is 6.26. The molecule has 11 nitrogen and oxygen atoms in total. The van der Waals surface area contributed by atoms with Crippen molar-refractivity contribution < 1.29 is 14.0 Å². The van der Waals surface area contributed by atoms with Crippen LogP contribution < -0.4 is 5.32 Å². The summed E-state index contributed by atoms with van der Waals surface area (Å²) < 4.78 is 5.64. The first-order valence-corrected chi connectivity index (χ1v) is 15.2. The molecule has 1 saturated carbocycles. The van der Waals surface area contributed by atoms with Gasteiger partial charge in [-0.1, -0.05) is 43.2 Å². The molecule has 1 aliphatic heterocycles. The number of aromatic nitrogens is 5. The van der Waals surface area contributed by atoms with E-state index < -0.39 is 6.04 Å². The summed E-state index contributed by atoms with van der Waals surface area (Å²) in [5.41, 5.74) is 2.00. The van der Waals surface area contributed by atoms with Gasteiger partial charge in [0.15, 0.2) is 5.76 Å². The SMILES string of the molecule is Cc1ccc(-c2nnn(CC(=O)N(C3CCN(Cc4ccccc4)CC3)[C@H](C(=O)NC3CCCC3)c3ccncc3)n2)o1. The third-order valence-electron chi connectivity index (χ3n) is 8.43. The first-order valence-electron chi connectivity index (χ1n) is 15.2. The summed E-state index contributed by atoms with van der Waals surface area (Å²) >= 11 is 0. The molecule has 11 heteroatoms. The molecule has 6 rings (SSSR count). The predicted molar refractivity (Wildman–Crippen MR) is 159 cm³/mol. The van der Waals surface area contributed by atoms with E-state index in [9.17, 15) is 9.59 Å². The number of piperidine rings is 1. The molecule has 2 amide bonds. The second-order valence-electron chi connectivity index (χ2n) is 11.5. The van der Waals surface area contributed by atoms with Crippen LogP contribution >= 0.6 is 0 Å². The maximum Gasteiger partial charge on any atom is 0.247 e. The third kappa shape index (κ3) is 6.99. The highest BCUT2D eigenvalue weighted by molar-refractivity contribution is 5.89. The summed E-state index contributed by atoms with van der Waals surface area (Å²) in [6.07, 6.45) is 8.96. The van der Waals surface area contributed by atoms with Gasteiger partial charge in [-0.2, -0.15) is 4.80 Å². The number of pyridine rings is 1. The summed E-state index contributed by atoms with van der Waals surface area (Å²) in [6.45, 7) is 4.20. The van der Waals surface area contributed by atoms with Crippen LogP contribution in [-0.4, -0.2) is 72.0 Å². The Morgan fingerprint density at radius 3 is 2.44 bits per heavy atom. The van der Waals surface area contributed by atoms with Gasteiger partial charge in [0.2, 0.25) is 17.6 Å². The molecule has 1 atom stereocenters. The molecule has 0 bridgehead atoms. The molecule has 0 unspecified atom stereocenters. The Morgan fingerprint density at radius 2 is 1.74 bits per heavy atom. The maximum atomic E-state index is 14.3. The molecule has 1 aromatic carbocycles. The summed E-state index contributed by atoms with van der Waals surface area (Å²) in [4.78, 5) is 37.9. The van der Waals surface area contributed by atoms with E-state index in [-0.39, 0.29) is 30.4 Å². The number of furan rings is 1. The van der Waals surface area contributed by atoms with Gasteiger partial charge in [0.05, 0.1) is 0 Å². The standard InChI is InChI=1S/C32H38N8O3/c1-23-11-12-28(43-23)31-35-37-39(36-31)22-29(41)40(27-15-19-38(20-16-27)21-24-7-3-2-4-8-24)30(25-13-17-33-18-14-25)32(42)34-26-9-5-6-10-26/h2-4,7-8,11-14,17-18,26-27,30H,5-6,9-10,15-16,19-22H2,1H3,(H,34,42)/t30-/m0/s1. The molecule has 3 aromatic heterocycles. The average molecular weight is 583 g/mol. The van der Waals surface area contributed by atoms with Crippen LogP contribution in [0.4, 0.5) is 0 Å². The lowest BCUT2D eigenvalue weighted by molar-refractivity contribution is -0.146. The molecule has 4 aromatic rings. The first kappa shape index (κ1) is 28.7. The molecule has 0 radical (unpaired) electrons. The predicted octanol–water partition coefficient (Wildman–Crippen LogP) is 3.93. The zero-order valence-electron chi connectivity index (χ0n) is 24.5. The fraction of sp³-hybridized carbons (Fsp3) is 0.438. The minimum Gasteiger partial charge on any atom is -0.458 e. The lowest BCUT2D eigenvalue weighted by Crippen LogP contribution is -2.54. The normalized spacial score (nSPS) is 17.1. The number of tetrazole rings is 1. The van der Waals surface area contributed by atoms with Crippen LogP contribution in [0.1, 0.15) is 61.5 Å². The van der Waals surface area contributed by atoms with Gasteiger partial charge in [-0.15, -0.1) is 10.2 Å². The van der Waals surface area contributed by atoms with Crippen LogP contribution in [-0.2, 0) is 22.7 Å². The summed E-state index contributed by atoms with van der Waals surface area (Å²) in [7, 11) is 0. The van der Waals surface area contributed by atoms with Crippen molar-refractivity contribution in [1.29, 1.82) is 0 Å². The molecule has 1 N–H and O–H groups in total. The maximum absolute atomic E-state index is 14.3. The largest absolute Gasteiger partial charge is 0.458 e. The monoisotopic (exact) mass is 582 g/mol. The molecule has 43 heavy (non-hydrogen) atoms. The van der Waals surface area contributed by atoms with E-state index in [1.807, 2.05) is 31.2 Å². The van der Waals surface area contributed by atoms with Gasteiger partial charge in [-0.3, -0.25) is 19.5 Å². The molecule has 2 fully saturated rings. The van der Waals surface area contributed by atoms with Crippen molar-refractivity contribution in [1.82, 2.24) is 40.3 Å². The second kappa shape index (κ2) is 13.3. The minimum absolute atomic E-state index is 0.123. The lowest BCUT2D eigenvalue weighted by atomic mass is 9.96. The second-order valence-corrected chi connectivity index (χ2v) is 11.5. The lowest BCUT2D eigenvalue weighted by Gasteiger charge is -2.42. The van der Waals surface area contributed by atoms with Crippen molar-refractivity contribution in [3.05, 3.63) is 83.9 Å². The van der Waals surface area contributed by atoms with E-state index in [4.69, 9.17) is 4.42 Å². The summed E-state index contributed by atoms with van der Waals surface area (Å²) in [5.74, 6) is 1.15. The molecular formula is C32H38N8O3. The number of carbonyl (C=O) groups excluding carboxylic acids is 2. The van der Waals surface area contributed by atoms with Crippen molar-refractivity contribution >= 4 is 11.8 Å². The van der Waals surface area contributed by atoms with Crippen molar-refractivity contribution in [2.24, 2.45) is 0 Å². The Morgan fingerprint density at radius 1 is 1.00 bits per heavy atom. The zero-order chi connectivity index (χ0) is 29.6. The van der Waals surface area contributed by atoms with Gasteiger partial charge in [-0.25, -0.2) is 0 Å². The van der Waals surface area contributed by atoms with Gasteiger partial charge in [-0.05, 0) is 73.2 Å². The van der Waals surface area contributed by atoms with Gasteiger partial charge in [0, 0.05) is 44.1 Å². The number of hydrogen-bond donors (Lipinski definition) is 1. The number of aryl methyl sites for hydroxylation is 1. The van der Waals surface area contributed by atoms with E-state index in [2.05, 4.69) is 54.9 Å². The smallest absolute Gasteiger partial charge is 0.247 e. The number of nitrogens with one attached hydrogen (secondary N) is 1. The number of amides is 2. The van der Waals surface area contributed by atoms with Crippen molar-refractivity contribution in [3.63, 3.8) is 0 Å². The fourth-order valence-corrected chi connectivity index (χ4v) is 6.26. The summed E-state index contributed by atoms with van der Waals surface area (Å²) in [5, 5.41) is 15.9. The highest BCUT2D eigenvalue weighted by Gasteiger charge is 2.39. The molecule has 224 valence electrons. The van der Waals surface area contributed by atoms with E-state index in [0.29, 0.717) is 11.6 Å². The zero-order valence-corrected chi connectivity index (χ0v) is 24.5. The number of likely N-dealkylation sites (tertiary alicyclic amines) is 1. The van der Waals surface area contributed by atoms with E-state index in [0.717, 1.165) is 69.5 Å². The van der Waals surface area contributed by atoms with Crippen LogP contribution in [0.2, 0.25) is 0 Å². The summed E-state index contributed by atoms with van der Waals surface area (Å²) in [6, 6.07) is 16.9. The number of carbonyl (C=O) groups is 2. The van der Waals surface area contributed by atoms with Gasteiger partial charge in [0.1, 0.15) is 18.3 Å². The number of hydrogen-bond acceptors (Lipinski definition) is 8. The number of rotatable bonds is 10. The number of benzene rings is 1. The number of nitrogens with zero attached hydrogens (tertiary/aromatic N) is 7. The average Bonchev–Trinajstić information content (AvgIpc) is 3.80. The van der Waals surface area contributed by atoms with Crippen molar-refractivity contribution in [2.45, 2.75) is 76.7 Å². The quantitative estimate of drug-likeness (QED) is 0.299. The molecule has 4 heterocycles. The third-order valence-corrected chi connectivity index (χ3v) is 8.43. The highest BCUT2D eigenvalue weighted by atomic mass is 16.3. The van der Waals surface area contributed by atoms with Crippen LogP contribution in [0, 0.1) is 6.92 Å². The Balaban J connectivity index is 1.26. The molecule has 1 saturated heterocycles. The van der Waals surface area contributed by atoms with Gasteiger partial charge >= 0.3 is 0 Å².